The maximum Gasteiger partial charge on any atom is 0.338 e. The molecule has 11 heteroatoms. The van der Waals surface area contributed by atoms with Gasteiger partial charge in [-0.1, -0.05) is 35.6 Å². The molecule has 3 aromatic carbocycles. The van der Waals surface area contributed by atoms with Crippen molar-refractivity contribution in [3.63, 3.8) is 0 Å². The topological polar surface area (TPSA) is 113 Å². The molecule has 0 spiro atoms. The van der Waals surface area contributed by atoms with Gasteiger partial charge in [0.05, 0.1) is 33.4 Å². The number of hydrogen-bond acceptors (Lipinski definition) is 9. The molecule has 0 saturated heterocycles. The highest BCUT2D eigenvalue weighted by Gasteiger charge is 2.33. The first kappa shape index (κ1) is 29.0. The number of fused-ring (bicyclic) bond motifs is 1. The fourth-order valence-electron chi connectivity index (χ4n) is 4.59. The number of hydrogen-bond donors (Lipinski definition) is 0. The largest absolute Gasteiger partial charge is 0.489 e. The first-order valence-corrected chi connectivity index (χ1v) is 15.1. The number of carbonyl (C=O) groups excluding carboxylic acids is 1. The number of allylic oxidation sites excluding steroid dienone is 1. The van der Waals surface area contributed by atoms with Crippen LogP contribution in [-0.4, -0.2) is 28.3 Å². The van der Waals surface area contributed by atoms with Crippen molar-refractivity contribution in [3.8, 4) is 5.75 Å². The minimum atomic E-state index is -0.659. The van der Waals surface area contributed by atoms with Crippen LogP contribution in [0.15, 0.2) is 98.7 Å². The highest BCUT2D eigenvalue weighted by Crippen LogP contribution is 2.31. The molecule has 0 amide bonds. The molecule has 4 aromatic rings. The van der Waals surface area contributed by atoms with Crippen LogP contribution < -0.4 is 19.6 Å². The summed E-state index contributed by atoms with van der Waals surface area (Å²) in [6.45, 7) is 3.99. The number of benzene rings is 3. The normalized spacial score (nSPS) is 14.7. The number of nitrogens with zero attached hydrogens (tertiary/aromatic N) is 3. The molecule has 2 heterocycles. The Bertz CT molecular complexity index is 1840. The van der Waals surface area contributed by atoms with E-state index in [9.17, 15) is 19.7 Å². The van der Waals surface area contributed by atoms with E-state index in [2.05, 4.69) is 4.99 Å². The van der Waals surface area contributed by atoms with Gasteiger partial charge in [-0.2, -0.15) is 0 Å². The lowest BCUT2D eigenvalue weighted by Crippen LogP contribution is -2.39. The summed E-state index contributed by atoms with van der Waals surface area (Å²) in [5, 5.41) is 10.8. The zero-order valence-corrected chi connectivity index (χ0v) is 24.7. The number of non-ortho nitro benzene ring substituents is 1. The molecule has 42 heavy (non-hydrogen) atoms. The van der Waals surface area contributed by atoms with Gasteiger partial charge in [0.2, 0.25) is 0 Å². The van der Waals surface area contributed by atoms with Gasteiger partial charge < -0.3 is 9.47 Å². The Morgan fingerprint density at radius 3 is 2.40 bits per heavy atom. The molecule has 0 N–H and O–H groups in total. The fraction of sp³-hybridized carbons (Fsp3) is 0.194. The number of rotatable bonds is 9. The summed E-state index contributed by atoms with van der Waals surface area (Å²) in [6.07, 6.45) is 3.78. The van der Waals surface area contributed by atoms with Crippen molar-refractivity contribution in [2.45, 2.75) is 31.4 Å². The average molecular weight is 602 g/mol. The summed E-state index contributed by atoms with van der Waals surface area (Å²) in [5.74, 6) is 0.131. The minimum absolute atomic E-state index is 0.0282. The summed E-state index contributed by atoms with van der Waals surface area (Å²) >= 11 is 2.88. The van der Waals surface area contributed by atoms with Gasteiger partial charge in [-0.05, 0) is 79.3 Å². The molecule has 0 fully saturated rings. The second-order valence-corrected chi connectivity index (χ2v) is 11.2. The van der Waals surface area contributed by atoms with E-state index in [1.54, 1.807) is 60.5 Å². The highest BCUT2D eigenvalue weighted by molar-refractivity contribution is 7.98. The summed E-state index contributed by atoms with van der Waals surface area (Å²) in [5.41, 5.74) is 3.06. The lowest BCUT2D eigenvalue weighted by molar-refractivity contribution is -0.384. The van der Waals surface area contributed by atoms with Crippen LogP contribution in [0.3, 0.4) is 0 Å². The van der Waals surface area contributed by atoms with Crippen molar-refractivity contribution >= 4 is 40.8 Å². The molecule has 9 nitrogen and oxygen atoms in total. The summed E-state index contributed by atoms with van der Waals surface area (Å²) in [4.78, 5) is 43.4. The molecular formula is C31H27N3O6S2. The van der Waals surface area contributed by atoms with Gasteiger partial charge >= 0.3 is 5.97 Å². The molecule has 1 atom stereocenters. The van der Waals surface area contributed by atoms with Crippen LogP contribution in [-0.2, 0) is 16.1 Å². The Morgan fingerprint density at radius 2 is 1.79 bits per heavy atom. The lowest BCUT2D eigenvalue weighted by Gasteiger charge is -2.24. The Balaban J connectivity index is 1.45. The number of esters is 1. The van der Waals surface area contributed by atoms with Crippen LogP contribution in [0.4, 0.5) is 5.69 Å². The number of ether oxygens (including phenoxy) is 2. The van der Waals surface area contributed by atoms with Gasteiger partial charge in [-0.15, -0.1) is 11.8 Å². The molecular weight excluding hydrogens is 574 g/mol. The van der Waals surface area contributed by atoms with Gasteiger partial charge in [0.25, 0.3) is 11.2 Å². The Morgan fingerprint density at radius 1 is 1.10 bits per heavy atom. The first-order valence-electron chi connectivity index (χ1n) is 13.1. The SMILES string of the molecule is CCOC(=O)C1=C(C)N=c2s/c(=C\c3ccc(OCc4ccc([N+](=O)[O-])cc4)cc3)c(=O)n2[C@@H]1c1ccc(SC)cc1. The maximum atomic E-state index is 13.8. The van der Waals surface area contributed by atoms with Crippen molar-refractivity contribution in [2.75, 3.05) is 12.9 Å². The monoisotopic (exact) mass is 601 g/mol. The third-order valence-electron chi connectivity index (χ3n) is 6.68. The summed E-state index contributed by atoms with van der Waals surface area (Å²) in [7, 11) is 0. The smallest absolute Gasteiger partial charge is 0.338 e. The van der Waals surface area contributed by atoms with Crippen LogP contribution >= 0.6 is 23.1 Å². The third kappa shape index (κ3) is 6.07. The molecule has 1 aliphatic heterocycles. The second kappa shape index (κ2) is 12.6. The van der Waals surface area contributed by atoms with E-state index in [-0.39, 0.29) is 24.5 Å². The van der Waals surface area contributed by atoms with E-state index in [1.165, 1.54) is 23.5 Å². The summed E-state index contributed by atoms with van der Waals surface area (Å²) < 4.78 is 13.2. The quantitative estimate of drug-likeness (QED) is 0.115. The highest BCUT2D eigenvalue weighted by atomic mass is 32.2. The number of carbonyl (C=O) groups is 1. The van der Waals surface area contributed by atoms with Gasteiger partial charge in [0.15, 0.2) is 4.80 Å². The van der Waals surface area contributed by atoms with Gasteiger partial charge in [-0.3, -0.25) is 19.5 Å². The van der Waals surface area contributed by atoms with Crippen LogP contribution in [0.2, 0.25) is 0 Å². The predicted molar refractivity (Wildman–Crippen MR) is 162 cm³/mol. The zero-order valence-electron chi connectivity index (χ0n) is 23.1. The minimum Gasteiger partial charge on any atom is -0.489 e. The standard InChI is InChI=1S/C31H27N3O6S2/c1-4-39-30(36)27-19(2)32-31-33(28(27)22-9-15-25(41-3)16-10-22)29(35)26(42-31)17-20-7-13-24(14-8-20)40-18-21-5-11-23(12-6-21)34(37)38/h5-17,28H,4,18H2,1-3H3/b26-17-/t28-/m1/s1. The number of aromatic nitrogens is 1. The van der Waals surface area contributed by atoms with E-state index in [1.807, 2.05) is 42.7 Å². The fourth-order valence-corrected chi connectivity index (χ4v) is 6.04. The second-order valence-electron chi connectivity index (χ2n) is 9.36. The summed E-state index contributed by atoms with van der Waals surface area (Å²) in [6, 6.07) is 20.6. The number of thiazole rings is 1. The van der Waals surface area contributed by atoms with Crippen molar-refractivity contribution in [1.82, 2.24) is 4.57 Å². The van der Waals surface area contributed by atoms with E-state index < -0.39 is 16.9 Å². The average Bonchev–Trinajstić information content (AvgIpc) is 3.30. The van der Waals surface area contributed by atoms with E-state index in [0.29, 0.717) is 26.4 Å². The molecule has 0 bridgehead atoms. The molecule has 5 rings (SSSR count). The molecule has 1 aliphatic rings. The molecule has 0 radical (unpaired) electrons. The first-order chi connectivity index (χ1) is 20.3. The van der Waals surface area contributed by atoms with Crippen LogP contribution in [0.25, 0.3) is 6.08 Å². The van der Waals surface area contributed by atoms with Crippen molar-refractivity contribution in [3.05, 3.63) is 131 Å². The Labute approximate surface area is 249 Å². The van der Waals surface area contributed by atoms with Gasteiger partial charge in [-0.25, -0.2) is 9.79 Å². The number of nitro benzene ring substituents is 1. The van der Waals surface area contributed by atoms with Gasteiger partial charge in [0.1, 0.15) is 12.4 Å². The van der Waals surface area contributed by atoms with Crippen LogP contribution in [0.5, 0.6) is 5.75 Å². The molecule has 0 aliphatic carbocycles. The van der Waals surface area contributed by atoms with Crippen LogP contribution in [0, 0.1) is 10.1 Å². The number of thioether (sulfide) groups is 1. The van der Waals surface area contributed by atoms with Crippen molar-refractivity contribution in [2.24, 2.45) is 4.99 Å². The van der Waals surface area contributed by atoms with Gasteiger partial charge in [0, 0.05) is 17.0 Å². The zero-order chi connectivity index (χ0) is 29.8. The van der Waals surface area contributed by atoms with E-state index >= 15 is 0 Å². The molecule has 1 aromatic heterocycles. The number of nitro groups is 1. The lowest BCUT2D eigenvalue weighted by atomic mass is 9.96. The third-order valence-corrected chi connectivity index (χ3v) is 8.41. The van der Waals surface area contributed by atoms with E-state index in [4.69, 9.17) is 9.47 Å². The predicted octanol–water partition coefficient (Wildman–Crippen LogP) is 5.01. The Kier molecular flexibility index (Phi) is 8.69. The van der Waals surface area contributed by atoms with Crippen LogP contribution in [0.1, 0.15) is 36.6 Å². The Hall–Kier alpha value is -4.48. The van der Waals surface area contributed by atoms with E-state index in [0.717, 1.165) is 21.6 Å². The van der Waals surface area contributed by atoms with Crippen molar-refractivity contribution < 1.29 is 19.2 Å². The molecule has 214 valence electrons. The molecule has 0 saturated carbocycles. The maximum absolute atomic E-state index is 13.8. The molecule has 0 unspecified atom stereocenters. The van der Waals surface area contributed by atoms with Crippen molar-refractivity contribution in [1.29, 1.82) is 0 Å².